The highest BCUT2D eigenvalue weighted by Gasteiger charge is 2.36. The van der Waals surface area contributed by atoms with E-state index in [1.807, 2.05) is 10.4 Å². The second-order valence-corrected chi connectivity index (χ2v) is 12.5. The van der Waals surface area contributed by atoms with E-state index in [0.29, 0.717) is 0 Å². The van der Waals surface area contributed by atoms with E-state index in [2.05, 4.69) is 25.2 Å². The zero-order valence-electron chi connectivity index (χ0n) is 13.7. The van der Waals surface area contributed by atoms with Crippen molar-refractivity contribution in [2.75, 3.05) is 0 Å². The van der Waals surface area contributed by atoms with Crippen LogP contribution in [-0.2, 0) is 0 Å². The maximum atomic E-state index is 2.64. The molecule has 0 radical (unpaired) electrons. The first-order valence-corrected chi connectivity index (χ1v) is 12.0. The van der Waals surface area contributed by atoms with Crippen LogP contribution in [0.2, 0.25) is 13.1 Å². The standard InChI is InChI=1S/C20H28Si/c1-21(2,19-11-15-7-3-4-8-16(15)12-19)20-13-17-9-5-6-10-18(17)14-20/h11,13H,3-10,12,14H2,1-2H3. The molecule has 0 heterocycles. The van der Waals surface area contributed by atoms with Crippen molar-refractivity contribution >= 4 is 8.07 Å². The minimum Gasteiger partial charge on any atom is -0.0721 e. The van der Waals surface area contributed by atoms with Crippen LogP contribution >= 0.6 is 0 Å². The highest BCUT2D eigenvalue weighted by Crippen LogP contribution is 2.45. The number of allylic oxidation sites excluding steroid dienone is 8. The van der Waals surface area contributed by atoms with Gasteiger partial charge in [0, 0.05) is 0 Å². The predicted molar refractivity (Wildman–Crippen MR) is 93.9 cm³/mol. The molecule has 0 aromatic carbocycles. The van der Waals surface area contributed by atoms with Gasteiger partial charge in [-0.3, -0.25) is 0 Å². The monoisotopic (exact) mass is 296 g/mol. The molecule has 0 bridgehead atoms. The minimum absolute atomic E-state index is 1.33. The van der Waals surface area contributed by atoms with Crippen LogP contribution in [0.15, 0.2) is 44.8 Å². The fourth-order valence-electron chi connectivity index (χ4n) is 4.73. The molecule has 112 valence electrons. The van der Waals surface area contributed by atoms with Gasteiger partial charge in [0.25, 0.3) is 0 Å². The van der Waals surface area contributed by atoms with Gasteiger partial charge in [-0.15, -0.1) is 0 Å². The van der Waals surface area contributed by atoms with Crippen LogP contribution < -0.4 is 0 Å². The minimum atomic E-state index is -1.38. The Labute approximate surface area is 130 Å². The van der Waals surface area contributed by atoms with Crippen LogP contribution in [0.5, 0.6) is 0 Å². The first-order valence-electron chi connectivity index (χ1n) is 8.98. The summed E-state index contributed by atoms with van der Waals surface area (Å²) in [5, 5.41) is 3.67. The molecular formula is C20H28Si. The van der Waals surface area contributed by atoms with Crippen LogP contribution in [-0.4, -0.2) is 8.07 Å². The Morgan fingerprint density at radius 3 is 1.52 bits per heavy atom. The molecule has 21 heavy (non-hydrogen) atoms. The topological polar surface area (TPSA) is 0 Å². The maximum absolute atomic E-state index is 2.64. The van der Waals surface area contributed by atoms with E-state index >= 15 is 0 Å². The van der Waals surface area contributed by atoms with Crippen molar-refractivity contribution in [2.45, 2.75) is 77.3 Å². The molecule has 1 heteroatoms. The molecule has 0 unspecified atom stereocenters. The molecule has 0 fully saturated rings. The van der Waals surface area contributed by atoms with Crippen LogP contribution in [0, 0.1) is 0 Å². The van der Waals surface area contributed by atoms with Crippen molar-refractivity contribution in [3.63, 3.8) is 0 Å². The van der Waals surface area contributed by atoms with E-state index in [0.717, 1.165) is 0 Å². The number of hydrogen-bond acceptors (Lipinski definition) is 0. The molecular weight excluding hydrogens is 268 g/mol. The van der Waals surface area contributed by atoms with Gasteiger partial charge in [0.2, 0.25) is 0 Å². The molecule has 4 rings (SSSR count). The van der Waals surface area contributed by atoms with Gasteiger partial charge >= 0.3 is 0 Å². The maximum Gasteiger partial charge on any atom is 0.103 e. The van der Waals surface area contributed by atoms with E-state index in [4.69, 9.17) is 0 Å². The van der Waals surface area contributed by atoms with Crippen molar-refractivity contribution < 1.29 is 0 Å². The van der Waals surface area contributed by atoms with E-state index in [1.54, 1.807) is 22.3 Å². The summed E-state index contributed by atoms with van der Waals surface area (Å²) in [4.78, 5) is 0. The summed E-state index contributed by atoms with van der Waals surface area (Å²) >= 11 is 0. The summed E-state index contributed by atoms with van der Waals surface area (Å²) in [5.41, 5.74) is 7.06. The van der Waals surface area contributed by atoms with Crippen LogP contribution in [0.1, 0.15) is 64.2 Å². The Hall–Kier alpha value is -0.823. The summed E-state index contributed by atoms with van der Waals surface area (Å²) in [6.45, 7) is 5.23. The van der Waals surface area contributed by atoms with Crippen molar-refractivity contribution in [1.82, 2.24) is 0 Å². The lowest BCUT2D eigenvalue weighted by molar-refractivity contribution is 0.680. The highest BCUT2D eigenvalue weighted by molar-refractivity contribution is 6.90. The Bertz CT molecular complexity index is 543. The van der Waals surface area contributed by atoms with E-state index in [1.165, 1.54) is 64.2 Å². The Kier molecular flexibility index (Phi) is 3.37. The molecule has 4 aliphatic rings. The second kappa shape index (κ2) is 5.12. The summed E-state index contributed by atoms with van der Waals surface area (Å²) in [5.74, 6) is 0. The van der Waals surface area contributed by atoms with E-state index < -0.39 is 8.07 Å². The van der Waals surface area contributed by atoms with Crippen molar-refractivity contribution in [3.05, 3.63) is 44.8 Å². The molecule has 0 N–H and O–H groups in total. The molecule has 0 spiro atoms. The molecule has 0 nitrogen and oxygen atoms in total. The summed E-state index contributed by atoms with van der Waals surface area (Å²) in [6.07, 6.45) is 19.1. The number of hydrogen-bond donors (Lipinski definition) is 0. The normalized spacial score (nSPS) is 25.8. The summed E-state index contributed by atoms with van der Waals surface area (Å²) in [6, 6.07) is 0. The fourth-order valence-corrected chi connectivity index (χ4v) is 7.52. The number of rotatable bonds is 2. The van der Waals surface area contributed by atoms with Crippen LogP contribution in [0.4, 0.5) is 0 Å². The van der Waals surface area contributed by atoms with Gasteiger partial charge in [-0.05, 0) is 75.4 Å². The Morgan fingerprint density at radius 1 is 0.667 bits per heavy atom. The van der Waals surface area contributed by atoms with Crippen molar-refractivity contribution in [1.29, 1.82) is 0 Å². The highest BCUT2D eigenvalue weighted by atomic mass is 28.3. The van der Waals surface area contributed by atoms with Gasteiger partial charge in [0.05, 0.1) is 0 Å². The van der Waals surface area contributed by atoms with Crippen LogP contribution in [0.25, 0.3) is 0 Å². The average Bonchev–Trinajstić information content (AvgIpc) is 3.11. The fraction of sp³-hybridized carbons (Fsp3) is 0.600. The molecule has 0 saturated heterocycles. The quantitative estimate of drug-likeness (QED) is 0.534. The first kappa shape index (κ1) is 13.8. The largest absolute Gasteiger partial charge is 0.103 e. The molecule has 0 saturated carbocycles. The smallest absolute Gasteiger partial charge is 0.0721 e. The third-order valence-corrected chi connectivity index (χ3v) is 10.2. The van der Waals surface area contributed by atoms with Crippen molar-refractivity contribution in [2.24, 2.45) is 0 Å². The molecule has 0 aromatic rings. The van der Waals surface area contributed by atoms with Gasteiger partial charge in [-0.25, -0.2) is 0 Å². The van der Waals surface area contributed by atoms with Gasteiger partial charge in [-0.2, -0.15) is 0 Å². The Morgan fingerprint density at radius 2 is 1.10 bits per heavy atom. The SMILES string of the molecule is C[Si](C)(C1=CC2=C(CCCC2)C1)C1=CC2=C(CCCC2)C1. The summed E-state index contributed by atoms with van der Waals surface area (Å²) in [7, 11) is -1.38. The lowest BCUT2D eigenvalue weighted by atomic mass is 9.94. The lowest BCUT2D eigenvalue weighted by Gasteiger charge is -2.27. The molecule has 0 amide bonds. The zero-order valence-corrected chi connectivity index (χ0v) is 14.7. The third kappa shape index (κ3) is 2.34. The molecule has 0 aliphatic heterocycles. The third-order valence-electron chi connectivity index (χ3n) is 6.37. The molecule has 0 atom stereocenters. The van der Waals surface area contributed by atoms with Gasteiger partial charge in [0.1, 0.15) is 8.07 Å². The Balaban J connectivity index is 1.56. The first-order chi connectivity index (χ1) is 10.1. The van der Waals surface area contributed by atoms with Crippen LogP contribution in [0.3, 0.4) is 0 Å². The zero-order chi connectivity index (χ0) is 14.4. The average molecular weight is 297 g/mol. The molecule has 0 aromatic heterocycles. The summed E-state index contributed by atoms with van der Waals surface area (Å²) < 4.78 is 0. The van der Waals surface area contributed by atoms with Gasteiger partial charge in [-0.1, -0.05) is 46.8 Å². The van der Waals surface area contributed by atoms with E-state index in [9.17, 15) is 0 Å². The molecule has 4 aliphatic carbocycles. The van der Waals surface area contributed by atoms with Crippen molar-refractivity contribution in [3.8, 4) is 0 Å². The lowest BCUT2D eigenvalue weighted by Crippen LogP contribution is -2.31. The van der Waals surface area contributed by atoms with Gasteiger partial charge in [0.15, 0.2) is 0 Å². The van der Waals surface area contributed by atoms with Gasteiger partial charge < -0.3 is 0 Å². The predicted octanol–water partition coefficient (Wildman–Crippen LogP) is 6.17. The second-order valence-electron chi connectivity index (χ2n) is 7.99. The van der Waals surface area contributed by atoms with E-state index in [-0.39, 0.29) is 0 Å².